The predicted octanol–water partition coefficient (Wildman–Crippen LogP) is 5.60. The summed E-state index contributed by atoms with van der Waals surface area (Å²) < 4.78 is 25.7. The highest BCUT2D eigenvalue weighted by molar-refractivity contribution is 5.56. The van der Waals surface area contributed by atoms with Crippen LogP contribution in [0.25, 0.3) is 0 Å². The smallest absolute Gasteiger partial charge is 0.263 e. The first-order valence-corrected chi connectivity index (χ1v) is 7.68. The van der Waals surface area contributed by atoms with Crippen molar-refractivity contribution in [1.82, 2.24) is 0 Å². The molecule has 0 saturated heterocycles. The Morgan fingerprint density at radius 2 is 2.10 bits per heavy atom. The molecule has 112 valence electrons. The van der Waals surface area contributed by atoms with Gasteiger partial charge in [-0.15, -0.1) is 0 Å². The van der Waals surface area contributed by atoms with E-state index in [1.165, 1.54) is 25.3 Å². The van der Waals surface area contributed by atoms with Gasteiger partial charge >= 0.3 is 0 Å². The van der Waals surface area contributed by atoms with Crippen LogP contribution in [0.4, 0.5) is 14.5 Å². The molecule has 0 amide bonds. The second kappa shape index (κ2) is 6.55. The van der Waals surface area contributed by atoms with E-state index in [0.717, 1.165) is 23.7 Å². The molecule has 1 aliphatic heterocycles. The Hall–Kier alpha value is -1.12. The molecule has 2 rings (SSSR count). The Kier molecular flexibility index (Phi) is 5.00. The molecule has 3 atom stereocenters. The molecule has 0 radical (unpaired) electrons. The van der Waals surface area contributed by atoms with Gasteiger partial charge in [-0.3, -0.25) is 0 Å². The van der Waals surface area contributed by atoms with Gasteiger partial charge < -0.3 is 5.32 Å². The lowest BCUT2D eigenvalue weighted by Crippen LogP contribution is -2.27. The first-order valence-electron chi connectivity index (χ1n) is 7.68. The molecule has 0 saturated carbocycles. The van der Waals surface area contributed by atoms with Gasteiger partial charge in [-0.05, 0) is 41.9 Å². The van der Waals surface area contributed by atoms with Crippen LogP contribution in [-0.4, -0.2) is 6.54 Å². The monoisotopic (exact) mass is 281 g/mol. The zero-order chi connectivity index (χ0) is 14.7. The van der Waals surface area contributed by atoms with Gasteiger partial charge in [0.05, 0.1) is 0 Å². The summed E-state index contributed by atoms with van der Waals surface area (Å²) in [6, 6.07) is 5.02. The number of nitrogens with one attached hydrogen (secondary N) is 1. The van der Waals surface area contributed by atoms with Crippen molar-refractivity contribution in [2.45, 2.75) is 52.4 Å². The highest BCUT2D eigenvalue weighted by atomic mass is 19.3. The molecule has 1 nitrogen and oxygen atoms in total. The lowest BCUT2D eigenvalue weighted by molar-refractivity contribution is 0.151. The molecule has 1 heterocycles. The summed E-state index contributed by atoms with van der Waals surface area (Å²) >= 11 is 0. The highest BCUT2D eigenvalue weighted by Gasteiger charge is 2.27. The molecule has 1 aromatic carbocycles. The molecule has 1 N–H and O–H groups in total. The van der Waals surface area contributed by atoms with E-state index in [1.54, 1.807) is 12.1 Å². The van der Waals surface area contributed by atoms with E-state index in [0.29, 0.717) is 11.8 Å². The van der Waals surface area contributed by atoms with E-state index < -0.39 is 6.43 Å². The second-order valence-corrected chi connectivity index (χ2v) is 6.17. The average Bonchev–Trinajstić information content (AvgIpc) is 2.45. The van der Waals surface area contributed by atoms with E-state index >= 15 is 0 Å². The third kappa shape index (κ3) is 3.31. The third-order valence-corrected chi connectivity index (χ3v) is 4.81. The van der Waals surface area contributed by atoms with Crippen molar-refractivity contribution >= 4 is 5.69 Å². The van der Waals surface area contributed by atoms with Crippen molar-refractivity contribution in [3.63, 3.8) is 0 Å². The van der Waals surface area contributed by atoms with Crippen LogP contribution in [0, 0.1) is 11.8 Å². The molecular formula is C17H25F2N. The van der Waals surface area contributed by atoms with E-state index in [4.69, 9.17) is 0 Å². The first-order chi connectivity index (χ1) is 9.52. The molecule has 20 heavy (non-hydrogen) atoms. The van der Waals surface area contributed by atoms with Crippen molar-refractivity contribution in [3.05, 3.63) is 29.3 Å². The van der Waals surface area contributed by atoms with Crippen molar-refractivity contribution in [1.29, 1.82) is 0 Å². The third-order valence-electron chi connectivity index (χ3n) is 4.81. The van der Waals surface area contributed by atoms with Crippen LogP contribution >= 0.6 is 0 Å². The summed E-state index contributed by atoms with van der Waals surface area (Å²) in [5.41, 5.74) is 2.23. The van der Waals surface area contributed by atoms with Crippen LogP contribution in [0.5, 0.6) is 0 Å². The van der Waals surface area contributed by atoms with Gasteiger partial charge in [0.2, 0.25) is 0 Å². The lowest BCUT2D eigenvalue weighted by Gasteiger charge is -2.33. The van der Waals surface area contributed by atoms with Crippen LogP contribution in [0.15, 0.2) is 18.2 Å². The highest BCUT2D eigenvalue weighted by Crippen LogP contribution is 2.39. The van der Waals surface area contributed by atoms with Crippen LogP contribution in [0.2, 0.25) is 0 Å². The Morgan fingerprint density at radius 1 is 1.35 bits per heavy atom. The zero-order valence-corrected chi connectivity index (χ0v) is 12.6. The van der Waals surface area contributed by atoms with E-state index in [9.17, 15) is 8.78 Å². The fourth-order valence-corrected chi connectivity index (χ4v) is 2.98. The minimum atomic E-state index is -2.38. The maximum absolute atomic E-state index is 12.8. The number of hydrogen-bond acceptors (Lipinski definition) is 1. The topological polar surface area (TPSA) is 12.0 Å². The van der Waals surface area contributed by atoms with Crippen LogP contribution in [-0.2, 0) is 0 Å². The van der Waals surface area contributed by atoms with Crippen LogP contribution < -0.4 is 5.32 Å². The molecule has 0 fully saturated rings. The molecular weight excluding hydrogens is 256 g/mol. The van der Waals surface area contributed by atoms with E-state index in [-0.39, 0.29) is 5.56 Å². The predicted molar refractivity (Wildman–Crippen MR) is 80.5 cm³/mol. The van der Waals surface area contributed by atoms with Gasteiger partial charge in [-0.25, -0.2) is 8.78 Å². The summed E-state index contributed by atoms with van der Waals surface area (Å²) in [4.78, 5) is 0. The van der Waals surface area contributed by atoms with Crippen LogP contribution in [0.1, 0.15) is 63.5 Å². The van der Waals surface area contributed by atoms with Crippen molar-refractivity contribution in [2.75, 3.05) is 11.9 Å². The molecule has 1 aliphatic rings. The number of rotatable bonds is 5. The quantitative estimate of drug-likeness (QED) is 0.741. The standard InChI is InChI=1S/C17H25F2N/c1-4-11(2)5-6-14-10-20-16-8-7-13(17(18)19)9-15(16)12(14)3/h7-9,11-12,14,17,20H,4-6,10H2,1-3H3/t11?,12-,14-/m0/s1. The minimum absolute atomic E-state index is 0.139. The molecule has 0 spiro atoms. The van der Waals surface area contributed by atoms with Gasteiger partial charge in [0.25, 0.3) is 6.43 Å². The Morgan fingerprint density at radius 3 is 2.75 bits per heavy atom. The number of fused-ring (bicyclic) bond motifs is 1. The van der Waals surface area contributed by atoms with Gasteiger partial charge in [-0.1, -0.05) is 39.7 Å². The van der Waals surface area contributed by atoms with Crippen molar-refractivity contribution < 1.29 is 8.78 Å². The SMILES string of the molecule is CCC(C)CC[C@H]1CNc2ccc(C(F)F)cc2[C@H]1C. The lowest BCUT2D eigenvalue weighted by atomic mass is 9.79. The van der Waals surface area contributed by atoms with E-state index in [2.05, 4.69) is 26.1 Å². The Bertz CT molecular complexity index is 445. The fourth-order valence-electron chi connectivity index (χ4n) is 2.98. The summed E-state index contributed by atoms with van der Waals surface area (Å²) in [5.74, 6) is 1.65. The molecule has 1 unspecified atom stereocenters. The number of halogens is 2. The average molecular weight is 281 g/mol. The molecule has 0 aliphatic carbocycles. The summed E-state index contributed by atoms with van der Waals surface area (Å²) in [6.45, 7) is 7.63. The molecule has 1 aromatic rings. The largest absolute Gasteiger partial charge is 0.385 e. The number of alkyl halides is 2. The van der Waals surface area contributed by atoms with Crippen molar-refractivity contribution in [2.24, 2.45) is 11.8 Å². The molecule has 3 heteroatoms. The minimum Gasteiger partial charge on any atom is -0.385 e. The fraction of sp³-hybridized carbons (Fsp3) is 0.647. The van der Waals surface area contributed by atoms with Crippen LogP contribution in [0.3, 0.4) is 0 Å². The Balaban J connectivity index is 2.11. The maximum Gasteiger partial charge on any atom is 0.263 e. The second-order valence-electron chi connectivity index (χ2n) is 6.17. The normalized spacial score (nSPS) is 23.3. The first kappa shape index (κ1) is 15.3. The summed E-state index contributed by atoms with van der Waals surface area (Å²) in [7, 11) is 0. The Labute approximate surface area is 120 Å². The summed E-state index contributed by atoms with van der Waals surface area (Å²) in [6.07, 6.45) is 1.21. The number of hydrogen-bond donors (Lipinski definition) is 1. The van der Waals surface area contributed by atoms with Gasteiger partial charge in [0.15, 0.2) is 0 Å². The van der Waals surface area contributed by atoms with E-state index in [1.807, 2.05) is 0 Å². The number of benzene rings is 1. The molecule has 0 bridgehead atoms. The van der Waals surface area contributed by atoms with Gasteiger partial charge in [0.1, 0.15) is 0 Å². The molecule has 0 aromatic heterocycles. The van der Waals surface area contributed by atoms with Gasteiger partial charge in [-0.2, -0.15) is 0 Å². The summed E-state index contributed by atoms with van der Waals surface area (Å²) in [5, 5.41) is 3.41. The van der Waals surface area contributed by atoms with Gasteiger partial charge in [0, 0.05) is 17.8 Å². The number of anilines is 1. The zero-order valence-electron chi connectivity index (χ0n) is 12.6. The van der Waals surface area contributed by atoms with Crippen molar-refractivity contribution in [3.8, 4) is 0 Å². The maximum atomic E-state index is 12.8.